The SMILES string of the molecule is CC(F)CNC1CCC(Nc2nc(N3CCOCC3)cc(-n3c(C(F)F)nc4ccccc43)n2)CC1. The molecule has 0 bridgehead atoms. The van der Waals surface area contributed by atoms with Gasteiger partial charge in [-0.3, -0.25) is 4.57 Å². The zero-order chi connectivity index (χ0) is 25.1. The molecule has 2 N–H and O–H groups in total. The van der Waals surface area contributed by atoms with Gasteiger partial charge < -0.3 is 20.3 Å². The van der Waals surface area contributed by atoms with Gasteiger partial charge in [0.2, 0.25) is 5.95 Å². The quantitative estimate of drug-likeness (QED) is 0.476. The molecular formula is C25H32F3N7O. The maximum absolute atomic E-state index is 14.0. The number of nitrogens with one attached hydrogen (secondary N) is 2. The first-order valence-electron chi connectivity index (χ1n) is 12.6. The second-order valence-electron chi connectivity index (χ2n) is 9.48. The van der Waals surface area contributed by atoms with Gasteiger partial charge in [-0.1, -0.05) is 12.1 Å². The van der Waals surface area contributed by atoms with Gasteiger partial charge in [-0.2, -0.15) is 9.97 Å². The van der Waals surface area contributed by atoms with Gasteiger partial charge in [-0.15, -0.1) is 0 Å². The smallest absolute Gasteiger partial charge is 0.296 e. The Labute approximate surface area is 208 Å². The van der Waals surface area contributed by atoms with E-state index in [-0.39, 0.29) is 11.9 Å². The summed E-state index contributed by atoms with van der Waals surface area (Å²) in [6.07, 6.45) is -0.0209. The lowest BCUT2D eigenvalue weighted by Crippen LogP contribution is -2.39. The minimum absolute atomic E-state index is 0.146. The van der Waals surface area contributed by atoms with E-state index in [2.05, 4.69) is 25.5 Å². The summed E-state index contributed by atoms with van der Waals surface area (Å²) in [5.74, 6) is 1.07. The highest BCUT2D eigenvalue weighted by molar-refractivity contribution is 5.78. The molecule has 1 atom stereocenters. The minimum atomic E-state index is -2.76. The van der Waals surface area contributed by atoms with Crippen LogP contribution in [-0.2, 0) is 4.74 Å². The molecule has 2 fully saturated rings. The van der Waals surface area contributed by atoms with E-state index in [1.165, 1.54) is 4.57 Å². The Morgan fingerprint density at radius 2 is 1.67 bits per heavy atom. The average molecular weight is 504 g/mol. The Bertz CT molecular complexity index is 1160. The van der Waals surface area contributed by atoms with Crippen LogP contribution < -0.4 is 15.5 Å². The van der Waals surface area contributed by atoms with E-state index < -0.39 is 12.6 Å². The number of alkyl halides is 3. The molecule has 36 heavy (non-hydrogen) atoms. The molecule has 0 radical (unpaired) electrons. The van der Waals surface area contributed by atoms with E-state index in [4.69, 9.17) is 9.72 Å². The fourth-order valence-corrected chi connectivity index (χ4v) is 4.94. The van der Waals surface area contributed by atoms with Gasteiger partial charge in [-0.25, -0.2) is 18.2 Å². The van der Waals surface area contributed by atoms with E-state index in [1.807, 2.05) is 0 Å². The van der Waals surface area contributed by atoms with Gasteiger partial charge >= 0.3 is 0 Å². The third kappa shape index (κ3) is 5.57. The molecule has 5 rings (SSSR count). The third-order valence-electron chi connectivity index (χ3n) is 6.79. The summed E-state index contributed by atoms with van der Waals surface area (Å²) < 4.78 is 48.2. The summed E-state index contributed by atoms with van der Waals surface area (Å²) in [7, 11) is 0. The van der Waals surface area contributed by atoms with Gasteiger partial charge in [-0.05, 0) is 44.7 Å². The van der Waals surface area contributed by atoms with Crippen molar-refractivity contribution >= 4 is 22.8 Å². The Morgan fingerprint density at radius 1 is 0.972 bits per heavy atom. The van der Waals surface area contributed by atoms with Crippen LogP contribution in [0.2, 0.25) is 0 Å². The maximum atomic E-state index is 14.0. The van der Waals surface area contributed by atoms with Crippen molar-refractivity contribution in [1.82, 2.24) is 24.8 Å². The lowest BCUT2D eigenvalue weighted by atomic mass is 9.91. The molecule has 0 amide bonds. The van der Waals surface area contributed by atoms with Crippen LogP contribution in [-0.4, -0.2) is 70.6 Å². The number of halogens is 3. The maximum Gasteiger partial charge on any atom is 0.296 e. The van der Waals surface area contributed by atoms with Crippen molar-refractivity contribution in [2.45, 2.75) is 57.3 Å². The fraction of sp³-hybridized carbons (Fsp3) is 0.560. The first kappa shape index (κ1) is 24.8. The highest BCUT2D eigenvalue weighted by Gasteiger charge is 2.25. The summed E-state index contributed by atoms with van der Waals surface area (Å²) in [6, 6.07) is 9.25. The van der Waals surface area contributed by atoms with Crippen molar-refractivity contribution in [3.05, 3.63) is 36.2 Å². The molecule has 1 unspecified atom stereocenters. The average Bonchev–Trinajstić information content (AvgIpc) is 3.29. The van der Waals surface area contributed by atoms with Crippen molar-refractivity contribution in [3.63, 3.8) is 0 Å². The number of rotatable bonds is 8. The molecule has 1 aliphatic heterocycles. The Hall–Kier alpha value is -2.92. The second-order valence-corrected chi connectivity index (χ2v) is 9.48. The topological polar surface area (TPSA) is 80.1 Å². The van der Waals surface area contributed by atoms with Crippen molar-refractivity contribution in [2.75, 3.05) is 43.1 Å². The first-order valence-corrected chi connectivity index (χ1v) is 12.6. The zero-order valence-corrected chi connectivity index (χ0v) is 20.3. The number of imidazole rings is 1. The van der Waals surface area contributed by atoms with Crippen LogP contribution in [0.4, 0.5) is 24.9 Å². The van der Waals surface area contributed by atoms with Crippen LogP contribution in [0.3, 0.4) is 0 Å². The Kier molecular flexibility index (Phi) is 7.56. The van der Waals surface area contributed by atoms with Crippen LogP contribution in [0.15, 0.2) is 30.3 Å². The number of benzene rings is 1. The number of hydrogen-bond acceptors (Lipinski definition) is 7. The highest BCUT2D eigenvalue weighted by Crippen LogP contribution is 2.30. The third-order valence-corrected chi connectivity index (χ3v) is 6.79. The van der Waals surface area contributed by atoms with Crippen molar-refractivity contribution < 1.29 is 17.9 Å². The zero-order valence-electron chi connectivity index (χ0n) is 20.3. The summed E-state index contributed by atoms with van der Waals surface area (Å²) in [5.41, 5.74) is 1.06. The van der Waals surface area contributed by atoms with Crippen molar-refractivity contribution in [3.8, 4) is 5.82 Å². The number of nitrogens with zero attached hydrogens (tertiary/aromatic N) is 5. The highest BCUT2D eigenvalue weighted by atomic mass is 19.3. The number of fused-ring (bicyclic) bond motifs is 1. The number of morpholine rings is 1. The molecular weight excluding hydrogens is 471 g/mol. The van der Waals surface area contributed by atoms with Crippen molar-refractivity contribution in [2.24, 2.45) is 0 Å². The standard InChI is InChI=1S/C25H32F3N7O/c1-16(26)15-29-17-6-8-18(9-7-17)30-25-32-21(34-10-12-36-13-11-34)14-22(33-25)35-20-5-3-2-4-19(20)31-24(35)23(27)28/h2-5,14,16-18,23,29H,6-13,15H2,1H3,(H,30,32,33). The molecule has 1 saturated carbocycles. The molecule has 1 aliphatic carbocycles. The molecule has 11 heteroatoms. The summed E-state index contributed by atoms with van der Waals surface area (Å²) in [5, 5.41) is 6.73. The van der Waals surface area contributed by atoms with E-state index in [0.717, 1.165) is 25.7 Å². The summed E-state index contributed by atoms with van der Waals surface area (Å²) in [4.78, 5) is 15.7. The molecule has 3 aromatic rings. The van der Waals surface area contributed by atoms with Gasteiger partial charge in [0.15, 0.2) is 5.82 Å². The Morgan fingerprint density at radius 3 is 2.39 bits per heavy atom. The lowest BCUT2D eigenvalue weighted by Gasteiger charge is -2.31. The van der Waals surface area contributed by atoms with Crippen LogP contribution in [0, 0.1) is 0 Å². The normalized spacial score (nSPS) is 21.8. The molecule has 8 nitrogen and oxygen atoms in total. The van der Waals surface area contributed by atoms with Crippen LogP contribution in [0.5, 0.6) is 0 Å². The predicted molar refractivity (Wildman–Crippen MR) is 133 cm³/mol. The molecule has 194 valence electrons. The van der Waals surface area contributed by atoms with Crippen LogP contribution in [0.25, 0.3) is 16.9 Å². The largest absolute Gasteiger partial charge is 0.378 e. The number of aromatic nitrogens is 4. The summed E-state index contributed by atoms with van der Waals surface area (Å²) >= 11 is 0. The second kappa shape index (κ2) is 11.0. The van der Waals surface area contributed by atoms with Gasteiger partial charge in [0.05, 0.1) is 24.2 Å². The first-order chi connectivity index (χ1) is 17.5. The van der Waals surface area contributed by atoms with Crippen LogP contribution >= 0.6 is 0 Å². The molecule has 3 heterocycles. The van der Waals surface area contributed by atoms with Crippen molar-refractivity contribution in [1.29, 1.82) is 0 Å². The predicted octanol–water partition coefficient (Wildman–Crippen LogP) is 4.26. The van der Waals surface area contributed by atoms with E-state index >= 15 is 0 Å². The molecule has 1 aromatic carbocycles. The summed E-state index contributed by atoms with van der Waals surface area (Å²) in [6.45, 7) is 4.39. The van der Waals surface area contributed by atoms with E-state index in [1.54, 1.807) is 37.3 Å². The van der Waals surface area contributed by atoms with Gasteiger partial charge in [0.1, 0.15) is 17.8 Å². The van der Waals surface area contributed by atoms with Gasteiger partial charge in [0.25, 0.3) is 6.43 Å². The molecule has 2 aliphatic rings. The Balaban J connectivity index is 1.45. The fourth-order valence-electron chi connectivity index (χ4n) is 4.94. The number of hydrogen-bond donors (Lipinski definition) is 2. The number of anilines is 2. The molecule has 1 saturated heterocycles. The molecule has 0 spiro atoms. The number of para-hydroxylation sites is 2. The monoisotopic (exact) mass is 503 g/mol. The van der Waals surface area contributed by atoms with Crippen LogP contribution in [0.1, 0.15) is 44.9 Å². The molecule has 2 aromatic heterocycles. The lowest BCUT2D eigenvalue weighted by molar-refractivity contribution is 0.122. The van der Waals surface area contributed by atoms with E-state index in [0.29, 0.717) is 67.5 Å². The van der Waals surface area contributed by atoms with Gasteiger partial charge in [0, 0.05) is 37.8 Å². The number of ether oxygens (including phenoxy) is 1. The van der Waals surface area contributed by atoms with E-state index in [9.17, 15) is 13.2 Å². The minimum Gasteiger partial charge on any atom is -0.378 e.